The van der Waals surface area contributed by atoms with Gasteiger partial charge >= 0.3 is 68.4 Å². The van der Waals surface area contributed by atoms with E-state index >= 15 is 0 Å². The molecule has 198 valence electrons. The lowest BCUT2D eigenvalue weighted by atomic mass is 9.62. The molecule has 1 saturated carbocycles. The van der Waals surface area contributed by atoms with Gasteiger partial charge in [0.05, 0.1) is 0 Å². The first kappa shape index (κ1) is 29.6. The second-order valence-corrected chi connectivity index (χ2v) is 7.77. The van der Waals surface area contributed by atoms with Gasteiger partial charge in [-0.15, -0.1) is 0 Å². The molecule has 0 aliphatic heterocycles. The van der Waals surface area contributed by atoms with Gasteiger partial charge in [0.2, 0.25) is 0 Å². The van der Waals surface area contributed by atoms with Crippen LogP contribution in [-0.2, 0) is 10.1 Å². The van der Waals surface area contributed by atoms with Crippen molar-refractivity contribution in [1.29, 1.82) is 0 Å². The van der Waals surface area contributed by atoms with E-state index in [0.717, 1.165) is 0 Å². The minimum atomic E-state index is -9.18. The van der Waals surface area contributed by atoms with Crippen molar-refractivity contribution in [2.75, 3.05) is 0 Å². The summed E-state index contributed by atoms with van der Waals surface area (Å²) in [6.07, 6.45) is -16.6. The second kappa shape index (κ2) is 6.42. The standard InChI is InChI=1S/C10HF19O3S/c11-1(7(21,22)9(24,25)26)3(13,14)5(17,18)2(12,6(19,20)4(1,15)16)8(23,10(27,28)29)33(30,31)32/h(H,30,31,32). The van der Waals surface area contributed by atoms with Crippen molar-refractivity contribution in [3.05, 3.63) is 0 Å². The van der Waals surface area contributed by atoms with E-state index in [4.69, 9.17) is 4.55 Å². The van der Waals surface area contributed by atoms with E-state index in [9.17, 15) is 91.8 Å². The summed E-state index contributed by atoms with van der Waals surface area (Å²) in [4.78, 5) is 0. The molecule has 0 radical (unpaired) electrons. The van der Waals surface area contributed by atoms with Crippen LogP contribution in [0.25, 0.3) is 0 Å². The maximum atomic E-state index is 14.4. The van der Waals surface area contributed by atoms with Crippen LogP contribution in [-0.4, -0.2) is 71.3 Å². The molecule has 0 amide bonds. The molecule has 1 N–H and O–H groups in total. The van der Waals surface area contributed by atoms with E-state index in [0.29, 0.717) is 0 Å². The van der Waals surface area contributed by atoms with Gasteiger partial charge in [0.1, 0.15) is 0 Å². The molecular formula is C10HF19O3S. The fourth-order valence-electron chi connectivity index (χ4n) is 2.77. The van der Waals surface area contributed by atoms with Crippen LogP contribution in [0.1, 0.15) is 0 Å². The first-order chi connectivity index (χ1) is 13.8. The Morgan fingerprint density at radius 3 is 0.909 bits per heavy atom. The van der Waals surface area contributed by atoms with Crippen molar-refractivity contribution in [3.63, 3.8) is 0 Å². The van der Waals surface area contributed by atoms with Crippen LogP contribution in [0.15, 0.2) is 0 Å². The molecule has 0 bridgehead atoms. The van der Waals surface area contributed by atoms with E-state index in [1.165, 1.54) is 0 Å². The van der Waals surface area contributed by atoms with Crippen LogP contribution in [0, 0.1) is 0 Å². The van der Waals surface area contributed by atoms with Crippen molar-refractivity contribution in [2.24, 2.45) is 0 Å². The summed E-state index contributed by atoms with van der Waals surface area (Å²) in [6, 6.07) is 0. The molecule has 0 heterocycles. The van der Waals surface area contributed by atoms with Crippen molar-refractivity contribution in [2.45, 2.75) is 58.3 Å². The highest BCUT2D eigenvalue weighted by molar-refractivity contribution is 7.87. The van der Waals surface area contributed by atoms with Gasteiger partial charge in [0.25, 0.3) is 0 Å². The van der Waals surface area contributed by atoms with Crippen LogP contribution in [0.2, 0.25) is 0 Å². The molecule has 0 aromatic carbocycles. The first-order valence-corrected chi connectivity index (χ1v) is 8.25. The molecule has 1 rings (SSSR count). The van der Waals surface area contributed by atoms with E-state index in [1.807, 2.05) is 0 Å². The molecule has 0 saturated heterocycles. The summed E-state index contributed by atoms with van der Waals surface area (Å²) in [5, 5.41) is -8.71. The Labute approximate surface area is 166 Å². The van der Waals surface area contributed by atoms with Crippen LogP contribution >= 0.6 is 0 Å². The SMILES string of the molecule is O=S(=O)(O)C(F)(C(F)(F)F)C1(F)C(F)(F)C(F)(F)C(F)(C(F)(F)C(F)(F)F)C(F)(F)C1(F)F. The maximum Gasteiger partial charge on any atom is 0.457 e. The van der Waals surface area contributed by atoms with Crippen molar-refractivity contribution >= 4 is 10.1 Å². The maximum absolute atomic E-state index is 14.4. The quantitative estimate of drug-likeness (QED) is 0.377. The third-order valence-corrected chi connectivity index (χ3v) is 5.69. The molecule has 0 aromatic heterocycles. The fourth-order valence-corrected chi connectivity index (χ4v) is 3.68. The van der Waals surface area contributed by atoms with E-state index in [2.05, 4.69) is 0 Å². The molecule has 0 aromatic rings. The summed E-state index contributed by atoms with van der Waals surface area (Å²) >= 11 is 0. The Balaban J connectivity index is 4.51. The average molecular weight is 562 g/mol. The fraction of sp³-hybridized carbons (Fsp3) is 1.00. The predicted octanol–water partition coefficient (Wildman–Crippen LogP) is 5.27. The van der Waals surface area contributed by atoms with Crippen LogP contribution in [0.3, 0.4) is 0 Å². The predicted molar refractivity (Wildman–Crippen MR) is 59.9 cm³/mol. The Bertz CT molecular complexity index is 885. The Kier molecular flexibility index (Phi) is 5.76. The van der Waals surface area contributed by atoms with Crippen LogP contribution in [0.5, 0.6) is 0 Å². The van der Waals surface area contributed by atoms with E-state index < -0.39 is 68.4 Å². The second-order valence-electron chi connectivity index (χ2n) is 6.25. The normalized spacial score (nSPS) is 33.9. The van der Waals surface area contributed by atoms with Crippen molar-refractivity contribution in [3.8, 4) is 0 Å². The molecule has 3 nitrogen and oxygen atoms in total. The highest BCUT2D eigenvalue weighted by Gasteiger charge is 3.11. The minimum absolute atomic E-state index is 8.07. The van der Waals surface area contributed by atoms with Gasteiger partial charge < -0.3 is 0 Å². The highest BCUT2D eigenvalue weighted by atomic mass is 32.2. The monoisotopic (exact) mass is 562 g/mol. The zero-order valence-corrected chi connectivity index (χ0v) is 14.7. The lowest BCUT2D eigenvalue weighted by molar-refractivity contribution is -0.517. The molecule has 33 heavy (non-hydrogen) atoms. The van der Waals surface area contributed by atoms with Gasteiger partial charge in [-0.1, -0.05) is 0 Å². The summed E-state index contributed by atoms with van der Waals surface area (Å²) in [7, 11) is -8.75. The molecule has 1 aliphatic rings. The third-order valence-electron chi connectivity index (χ3n) is 4.47. The van der Waals surface area contributed by atoms with Gasteiger partial charge in [-0.25, -0.2) is 13.2 Å². The molecule has 0 spiro atoms. The number of halogens is 19. The number of rotatable bonds is 3. The highest BCUT2D eigenvalue weighted by Crippen LogP contribution is 2.76. The molecule has 1 unspecified atom stereocenters. The Morgan fingerprint density at radius 2 is 0.727 bits per heavy atom. The third kappa shape index (κ3) is 2.62. The number of hydrogen-bond acceptors (Lipinski definition) is 2. The summed E-state index contributed by atoms with van der Waals surface area (Å²) in [5.74, 6) is -45.3. The number of hydrogen-bond donors (Lipinski definition) is 1. The Hall–Kier alpha value is -1.42. The van der Waals surface area contributed by atoms with Crippen LogP contribution < -0.4 is 0 Å². The lowest BCUT2D eigenvalue weighted by Gasteiger charge is -2.58. The topological polar surface area (TPSA) is 54.4 Å². The van der Waals surface area contributed by atoms with Gasteiger partial charge in [-0.3, -0.25) is 4.55 Å². The zero-order valence-electron chi connectivity index (χ0n) is 13.9. The average Bonchev–Trinajstić information content (AvgIpc) is 2.54. The summed E-state index contributed by atoms with van der Waals surface area (Å²) in [6.45, 7) is 0. The van der Waals surface area contributed by atoms with Gasteiger partial charge in [-0.05, 0) is 0 Å². The molecule has 1 aliphatic carbocycles. The molecule has 1 atom stereocenters. The van der Waals surface area contributed by atoms with E-state index in [-0.39, 0.29) is 0 Å². The van der Waals surface area contributed by atoms with Gasteiger partial charge in [0, 0.05) is 0 Å². The zero-order chi connectivity index (χ0) is 27.5. The van der Waals surface area contributed by atoms with Crippen LogP contribution in [0.4, 0.5) is 83.4 Å². The van der Waals surface area contributed by atoms with Crippen molar-refractivity contribution in [1.82, 2.24) is 0 Å². The first-order valence-electron chi connectivity index (χ1n) is 6.81. The molecule has 1 fully saturated rings. The summed E-state index contributed by atoms with van der Waals surface area (Å²) in [5.41, 5.74) is -18.3. The van der Waals surface area contributed by atoms with E-state index in [1.54, 1.807) is 0 Å². The lowest BCUT2D eigenvalue weighted by Crippen LogP contribution is -2.93. The smallest absolute Gasteiger partial charge is 0.283 e. The molecule has 23 heteroatoms. The Morgan fingerprint density at radius 1 is 0.485 bits per heavy atom. The van der Waals surface area contributed by atoms with Crippen molar-refractivity contribution < 1.29 is 96.4 Å². The number of alkyl halides is 19. The van der Waals surface area contributed by atoms with Gasteiger partial charge in [-0.2, -0.15) is 78.7 Å². The molecular weight excluding hydrogens is 561 g/mol. The largest absolute Gasteiger partial charge is 0.457 e. The summed E-state index contributed by atoms with van der Waals surface area (Å²) < 4.78 is 283. The van der Waals surface area contributed by atoms with Gasteiger partial charge in [0.15, 0.2) is 0 Å². The minimum Gasteiger partial charge on any atom is -0.283 e.